The van der Waals surface area contributed by atoms with Gasteiger partial charge in [0.1, 0.15) is 0 Å². The van der Waals surface area contributed by atoms with E-state index in [1.54, 1.807) is 0 Å². The lowest BCUT2D eigenvalue weighted by Gasteiger charge is -2.19. The first-order valence-corrected chi connectivity index (χ1v) is 4.14. The van der Waals surface area contributed by atoms with Crippen LogP contribution in [0.1, 0.15) is 27.2 Å². The van der Waals surface area contributed by atoms with Crippen LogP contribution >= 0.6 is 0 Å². The Bertz CT molecular complexity index is 209. The molecule has 1 aliphatic carbocycles. The standard InChI is InChI=1S/C11H16/c1-11(2,3)10-8-6-4-5-7-9-10/h4-6,8-9H,7H2,1-3H3. The SMILES string of the molecule is CC(C)(C)C1=CCC=CC=C1. The van der Waals surface area contributed by atoms with E-state index in [0.717, 1.165) is 6.42 Å². The predicted molar refractivity (Wildman–Crippen MR) is 50.4 cm³/mol. The summed E-state index contributed by atoms with van der Waals surface area (Å²) < 4.78 is 0. The third-order valence-electron chi connectivity index (χ3n) is 1.86. The van der Waals surface area contributed by atoms with Crippen LogP contribution in [0.3, 0.4) is 0 Å². The minimum Gasteiger partial charge on any atom is -0.0807 e. The van der Waals surface area contributed by atoms with Crippen LogP contribution in [-0.4, -0.2) is 0 Å². The highest BCUT2D eigenvalue weighted by Crippen LogP contribution is 2.27. The highest BCUT2D eigenvalue weighted by atomic mass is 14.2. The average molecular weight is 148 g/mol. The van der Waals surface area contributed by atoms with Crippen molar-refractivity contribution in [3.8, 4) is 0 Å². The van der Waals surface area contributed by atoms with E-state index < -0.39 is 0 Å². The molecule has 0 aromatic heterocycles. The lowest BCUT2D eigenvalue weighted by molar-refractivity contribution is 0.515. The molecule has 0 nitrogen and oxygen atoms in total. The summed E-state index contributed by atoms with van der Waals surface area (Å²) in [6, 6.07) is 0. The van der Waals surface area contributed by atoms with E-state index in [9.17, 15) is 0 Å². The van der Waals surface area contributed by atoms with E-state index >= 15 is 0 Å². The molecule has 0 aliphatic heterocycles. The molecule has 0 amide bonds. The van der Waals surface area contributed by atoms with Gasteiger partial charge < -0.3 is 0 Å². The maximum absolute atomic E-state index is 2.29. The van der Waals surface area contributed by atoms with Gasteiger partial charge in [-0.3, -0.25) is 0 Å². The number of rotatable bonds is 0. The molecule has 0 spiro atoms. The summed E-state index contributed by atoms with van der Waals surface area (Å²) in [5.74, 6) is 0. The Morgan fingerprint density at radius 2 is 1.91 bits per heavy atom. The first-order chi connectivity index (χ1) is 5.11. The molecule has 0 unspecified atom stereocenters. The minimum atomic E-state index is 0.294. The fourth-order valence-corrected chi connectivity index (χ4v) is 1.14. The third kappa shape index (κ3) is 2.38. The van der Waals surface area contributed by atoms with Crippen molar-refractivity contribution in [2.45, 2.75) is 27.2 Å². The van der Waals surface area contributed by atoms with E-state index in [0.29, 0.717) is 5.41 Å². The van der Waals surface area contributed by atoms with E-state index in [1.807, 2.05) is 0 Å². The largest absolute Gasteiger partial charge is 0.0807 e. The molecule has 1 aliphatic rings. The second kappa shape index (κ2) is 3.08. The zero-order valence-corrected chi connectivity index (χ0v) is 7.59. The maximum atomic E-state index is 2.29. The summed E-state index contributed by atoms with van der Waals surface area (Å²) in [7, 11) is 0. The molecule has 0 N–H and O–H groups in total. The first kappa shape index (κ1) is 8.32. The van der Waals surface area contributed by atoms with Crippen molar-refractivity contribution < 1.29 is 0 Å². The molecule has 11 heavy (non-hydrogen) atoms. The van der Waals surface area contributed by atoms with E-state index in [-0.39, 0.29) is 0 Å². The summed E-state index contributed by atoms with van der Waals surface area (Å²) in [6.07, 6.45) is 12.0. The van der Waals surface area contributed by atoms with Crippen LogP contribution in [0, 0.1) is 5.41 Å². The van der Waals surface area contributed by atoms with Gasteiger partial charge in [-0.15, -0.1) is 0 Å². The summed E-state index contributed by atoms with van der Waals surface area (Å²) >= 11 is 0. The zero-order valence-electron chi connectivity index (χ0n) is 7.59. The second-order valence-corrected chi connectivity index (χ2v) is 3.93. The Kier molecular flexibility index (Phi) is 2.33. The molecule has 0 saturated carbocycles. The molecule has 0 atom stereocenters. The predicted octanol–water partition coefficient (Wildman–Crippen LogP) is 3.48. The average Bonchev–Trinajstić information content (AvgIpc) is 2.10. The Balaban J connectivity index is 2.81. The van der Waals surface area contributed by atoms with Crippen molar-refractivity contribution >= 4 is 0 Å². The Morgan fingerprint density at radius 3 is 2.55 bits per heavy atom. The molecule has 0 aromatic rings. The molecule has 1 rings (SSSR count). The summed E-state index contributed by atoms with van der Waals surface area (Å²) in [5, 5.41) is 0. The topological polar surface area (TPSA) is 0 Å². The number of allylic oxidation sites excluding steroid dienone is 6. The molecular formula is C11H16. The van der Waals surface area contributed by atoms with Gasteiger partial charge in [0.05, 0.1) is 0 Å². The van der Waals surface area contributed by atoms with Crippen molar-refractivity contribution in [1.29, 1.82) is 0 Å². The van der Waals surface area contributed by atoms with Gasteiger partial charge in [-0.1, -0.05) is 51.2 Å². The van der Waals surface area contributed by atoms with Gasteiger partial charge in [-0.05, 0) is 17.4 Å². The van der Waals surface area contributed by atoms with Crippen molar-refractivity contribution in [3.05, 3.63) is 36.0 Å². The molecule has 0 bridgehead atoms. The van der Waals surface area contributed by atoms with E-state index in [4.69, 9.17) is 0 Å². The highest BCUT2D eigenvalue weighted by molar-refractivity contribution is 5.30. The van der Waals surface area contributed by atoms with Crippen LogP contribution in [0.15, 0.2) is 36.0 Å². The molecule has 0 radical (unpaired) electrons. The van der Waals surface area contributed by atoms with Crippen molar-refractivity contribution in [2.75, 3.05) is 0 Å². The number of hydrogen-bond acceptors (Lipinski definition) is 0. The first-order valence-electron chi connectivity index (χ1n) is 4.14. The van der Waals surface area contributed by atoms with Gasteiger partial charge in [0, 0.05) is 0 Å². The van der Waals surface area contributed by atoms with Crippen LogP contribution in [0.5, 0.6) is 0 Å². The molecule has 0 aromatic carbocycles. The molecule has 60 valence electrons. The van der Waals surface area contributed by atoms with E-state index in [1.165, 1.54) is 5.57 Å². The third-order valence-corrected chi connectivity index (χ3v) is 1.86. The minimum absolute atomic E-state index is 0.294. The molecule has 0 fully saturated rings. The lowest BCUT2D eigenvalue weighted by atomic mass is 9.86. The van der Waals surface area contributed by atoms with Crippen LogP contribution in [0.4, 0.5) is 0 Å². The smallest absolute Gasteiger partial charge is 0.0135 e. The van der Waals surface area contributed by atoms with Crippen LogP contribution in [0.25, 0.3) is 0 Å². The van der Waals surface area contributed by atoms with E-state index in [2.05, 4.69) is 51.2 Å². The van der Waals surface area contributed by atoms with Crippen molar-refractivity contribution in [2.24, 2.45) is 5.41 Å². The normalized spacial score (nSPS) is 17.9. The second-order valence-electron chi connectivity index (χ2n) is 3.93. The summed E-state index contributed by atoms with van der Waals surface area (Å²) in [4.78, 5) is 0. The highest BCUT2D eigenvalue weighted by Gasteiger charge is 2.13. The fraction of sp³-hybridized carbons (Fsp3) is 0.455. The molecular weight excluding hydrogens is 132 g/mol. The quantitative estimate of drug-likeness (QED) is 0.493. The van der Waals surface area contributed by atoms with Gasteiger partial charge in [0.25, 0.3) is 0 Å². The summed E-state index contributed by atoms with van der Waals surface area (Å²) in [6.45, 7) is 6.73. The molecule has 0 heterocycles. The van der Waals surface area contributed by atoms with Crippen molar-refractivity contribution in [3.63, 3.8) is 0 Å². The van der Waals surface area contributed by atoms with Gasteiger partial charge >= 0.3 is 0 Å². The lowest BCUT2D eigenvalue weighted by Crippen LogP contribution is -2.06. The monoisotopic (exact) mass is 148 g/mol. The van der Waals surface area contributed by atoms with Crippen LogP contribution in [-0.2, 0) is 0 Å². The fourth-order valence-electron chi connectivity index (χ4n) is 1.14. The van der Waals surface area contributed by atoms with Gasteiger partial charge in [0.2, 0.25) is 0 Å². The number of hydrogen-bond donors (Lipinski definition) is 0. The Hall–Kier alpha value is -0.780. The van der Waals surface area contributed by atoms with Crippen LogP contribution in [0.2, 0.25) is 0 Å². The van der Waals surface area contributed by atoms with Gasteiger partial charge in [-0.2, -0.15) is 0 Å². The summed E-state index contributed by atoms with van der Waals surface area (Å²) in [5.41, 5.74) is 1.73. The Labute approximate surface area is 69.3 Å². The van der Waals surface area contributed by atoms with Crippen molar-refractivity contribution in [1.82, 2.24) is 0 Å². The Morgan fingerprint density at radius 1 is 1.18 bits per heavy atom. The maximum Gasteiger partial charge on any atom is -0.0135 e. The molecule has 0 heteroatoms. The van der Waals surface area contributed by atoms with Crippen LogP contribution < -0.4 is 0 Å². The van der Waals surface area contributed by atoms with Gasteiger partial charge in [-0.25, -0.2) is 0 Å². The van der Waals surface area contributed by atoms with Gasteiger partial charge in [0.15, 0.2) is 0 Å². The zero-order chi connectivity index (χ0) is 8.32. The molecule has 0 saturated heterocycles.